The van der Waals surface area contributed by atoms with E-state index in [1.807, 2.05) is 0 Å². The third-order valence-corrected chi connectivity index (χ3v) is 2.43. The van der Waals surface area contributed by atoms with Gasteiger partial charge in [0, 0.05) is 14.1 Å². The molecule has 1 rings (SSSR count). The lowest BCUT2D eigenvalue weighted by Gasteiger charge is -2.19. The van der Waals surface area contributed by atoms with Crippen molar-refractivity contribution in [3.05, 3.63) is 29.0 Å². The maximum Gasteiger partial charge on any atom is 0.244 e. The summed E-state index contributed by atoms with van der Waals surface area (Å²) in [6.45, 7) is 1.72. The van der Waals surface area contributed by atoms with Crippen molar-refractivity contribution in [1.82, 2.24) is 4.90 Å². The first-order valence-electron chi connectivity index (χ1n) is 4.84. The predicted octanol–water partition coefficient (Wildman–Crippen LogP) is 2.37. The van der Waals surface area contributed by atoms with E-state index in [-0.39, 0.29) is 10.9 Å². The molecule has 0 aliphatic carbocycles. The first kappa shape index (κ1) is 12.8. The fourth-order valence-corrected chi connectivity index (χ4v) is 1.51. The summed E-state index contributed by atoms with van der Waals surface area (Å²) in [5, 5.41) is 3.19. The van der Waals surface area contributed by atoms with Gasteiger partial charge >= 0.3 is 0 Å². The molecule has 0 fully saturated rings. The molecular weight excluding hydrogens is 231 g/mol. The molecule has 1 aromatic rings. The van der Waals surface area contributed by atoms with Gasteiger partial charge in [0.25, 0.3) is 0 Å². The Hall–Kier alpha value is -1.29. The number of amides is 1. The highest BCUT2D eigenvalue weighted by Crippen LogP contribution is 2.23. The van der Waals surface area contributed by atoms with Gasteiger partial charge in [0.15, 0.2) is 0 Å². The first-order chi connectivity index (χ1) is 7.41. The number of hydrogen-bond donors (Lipinski definition) is 1. The van der Waals surface area contributed by atoms with Crippen molar-refractivity contribution in [3.63, 3.8) is 0 Å². The van der Waals surface area contributed by atoms with E-state index in [9.17, 15) is 9.18 Å². The van der Waals surface area contributed by atoms with Crippen molar-refractivity contribution in [2.45, 2.75) is 13.0 Å². The van der Waals surface area contributed by atoms with Gasteiger partial charge in [-0.1, -0.05) is 11.6 Å². The second-order valence-electron chi connectivity index (χ2n) is 3.72. The van der Waals surface area contributed by atoms with Crippen molar-refractivity contribution in [2.75, 3.05) is 19.4 Å². The number of halogens is 2. The zero-order valence-corrected chi connectivity index (χ0v) is 10.2. The van der Waals surface area contributed by atoms with Crippen LogP contribution in [-0.4, -0.2) is 30.9 Å². The van der Waals surface area contributed by atoms with Crippen LogP contribution in [0.3, 0.4) is 0 Å². The van der Waals surface area contributed by atoms with E-state index < -0.39 is 11.9 Å². The zero-order chi connectivity index (χ0) is 12.3. The maximum atomic E-state index is 12.8. The van der Waals surface area contributed by atoms with Crippen LogP contribution in [-0.2, 0) is 4.79 Å². The summed E-state index contributed by atoms with van der Waals surface area (Å²) in [5.41, 5.74) is 0.547. The van der Waals surface area contributed by atoms with Crippen molar-refractivity contribution in [3.8, 4) is 0 Å². The number of rotatable bonds is 3. The highest BCUT2D eigenvalue weighted by atomic mass is 35.5. The summed E-state index contributed by atoms with van der Waals surface area (Å²) >= 11 is 5.83. The van der Waals surface area contributed by atoms with Crippen molar-refractivity contribution < 1.29 is 9.18 Å². The molecule has 0 aliphatic heterocycles. The maximum absolute atomic E-state index is 12.8. The highest BCUT2D eigenvalue weighted by molar-refractivity contribution is 6.33. The Bertz CT molecular complexity index is 396. The van der Waals surface area contributed by atoms with Crippen LogP contribution in [0.4, 0.5) is 10.1 Å². The summed E-state index contributed by atoms with van der Waals surface area (Å²) in [4.78, 5) is 13.1. The van der Waals surface area contributed by atoms with Gasteiger partial charge in [-0.3, -0.25) is 4.79 Å². The number of carbonyl (C=O) groups is 1. The third-order valence-electron chi connectivity index (χ3n) is 2.11. The molecule has 0 aliphatic rings. The van der Waals surface area contributed by atoms with E-state index in [4.69, 9.17) is 11.6 Å². The minimum atomic E-state index is -0.405. The summed E-state index contributed by atoms with van der Waals surface area (Å²) < 4.78 is 12.8. The molecular formula is C11H14ClFN2O. The van der Waals surface area contributed by atoms with Crippen molar-refractivity contribution in [1.29, 1.82) is 0 Å². The van der Waals surface area contributed by atoms with E-state index in [1.165, 1.54) is 23.1 Å². The van der Waals surface area contributed by atoms with Crippen LogP contribution < -0.4 is 5.32 Å². The molecule has 16 heavy (non-hydrogen) atoms. The van der Waals surface area contributed by atoms with E-state index in [2.05, 4.69) is 5.32 Å². The zero-order valence-electron chi connectivity index (χ0n) is 9.42. The summed E-state index contributed by atoms with van der Waals surface area (Å²) in [7, 11) is 3.35. The summed E-state index contributed by atoms with van der Waals surface area (Å²) in [6, 6.07) is 3.60. The van der Waals surface area contributed by atoms with Gasteiger partial charge in [-0.25, -0.2) is 4.39 Å². The lowest BCUT2D eigenvalue weighted by molar-refractivity contribution is -0.129. The lowest BCUT2D eigenvalue weighted by Crippen LogP contribution is -2.36. The second kappa shape index (κ2) is 5.16. The van der Waals surface area contributed by atoms with Crippen molar-refractivity contribution in [2.24, 2.45) is 0 Å². The number of anilines is 1. The minimum Gasteiger partial charge on any atom is -0.373 e. The topological polar surface area (TPSA) is 32.3 Å². The van der Waals surface area contributed by atoms with Gasteiger partial charge in [-0.2, -0.15) is 0 Å². The van der Waals surface area contributed by atoms with Crippen LogP contribution in [0.5, 0.6) is 0 Å². The number of likely N-dealkylation sites (N-methyl/N-ethyl adjacent to an activating group) is 1. The molecule has 0 bridgehead atoms. The van der Waals surface area contributed by atoms with E-state index >= 15 is 0 Å². The number of benzene rings is 1. The normalized spacial score (nSPS) is 12.1. The van der Waals surface area contributed by atoms with Crippen LogP contribution in [0.2, 0.25) is 5.02 Å². The number of carbonyl (C=O) groups excluding carboxylic acids is 1. The molecule has 0 saturated heterocycles. The SMILES string of the molecule is CC(Nc1ccc(F)cc1Cl)C(=O)N(C)C. The van der Waals surface area contributed by atoms with Gasteiger partial charge in [-0.05, 0) is 25.1 Å². The fraction of sp³-hybridized carbons (Fsp3) is 0.364. The molecule has 1 amide bonds. The smallest absolute Gasteiger partial charge is 0.244 e. The summed E-state index contributed by atoms with van der Waals surface area (Å²) in [5.74, 6) is -0.470. The van der Waals surface area contributed by atoms with Gasteiger partial charge in [0.1, 0.15) is 11.9 Å². The Morgan fingerprint density at radius 3 is 2.62 bits per heavy atom. The molecule has 3 nitrogen and oxygen atoms in total. The second-order valence-corrected chi connectivity index (χ2v) is 4.13. The van der Waals surface area contributed by atoms with Crippen LogP contribution >= 0.6 is 11.6 Å². The Balaban J connectivity index is 2.77. The number of nitrogens with one attached hydrogen (secondary N) is 1. The average Bonchev–Trinajstić information content (AvgIpc) is 2.20. The summed E-state index contributed by atoms with van der Waals surface area (Å²) in [6.07, 6.45) is 0. The minimum absolute atomic E-state index is 0.0691. The molecule has 1 unspecified atom stereocenters. The number of nitrogens with zero attached hydrogens (tertiary/aromatic N) is 1. The van der Waals surface area contributed by atoms with Gasteiger partial charge in [-0.15, -0.1) is 0 Å². The highest BCUT2D eigenvalue weighted by Gasteiger charge is 2.15. The number of hydrogen-bond acceptors (Lipinski definition) is 2. The monoisotopic (exact) mass is 244 g/mol. The molecule has 0 spiro atoms. The average molecular weight is 245 g/mol. The largest absolute Gasteiger partial charge is 0.373 e. The van der Waals surface area contributed by atoms with Crippen LogP contribution in [0.15, 0.2) is 18.2 Å². The van der Waals surface area contributed by atoms with Crippen molar-refractivity contribution >= 4 is 23.2 Å². The quantitative estimate of drug-likeness (QED) is 0.885. The Morgan fingerprint density at radius 1 is 1.50 bits per heavy atom. The fourth-order valence-electron chi connectivity index (χ4n) is 1.29. The molecule has 1 N–H and O–H groups in total. The van der Waals surface area contributed by atoms with E-state index in [1.54, 1.807) is 21.0 Å². The molecule has 0 aromatic heterocycles. The Kier molecular flexibility index (Phi) is 4.12. The molecule has 0 saturated carbocycles. The van der Waals surface area contributed by atoms with Crippen LogP contribution in [0.1, 0.15) is 6.92 Å². The first-order valence-corrected chi connectivity index (χ1v) is 5.22. The Morgan fingerprint density at radius 2 is 2.12 bits per heavy atom. The molecule has 0 heterocycles. The van der Waals surface area contributed by atoms with E-state index in [0.29, 0.717) is 5.69 Å². The van der Waals surface area contributed by atoms with E-state index in [0.717, 1.165) is 0 Å². The standard InChI is InChI=1S/C11H14ClFN2O/c1-7(11(16)15(2)3)14-10-5-4-8(13)6-9(10)12/h4-7,14H,1-3H3. The molecule has 5 heteroatoms. The Labute approximate surface area is 99.2 Å². The molecule has 1 aromatic carbocycles. The van der Waals surface area contributed by atoms with Gasteiger partial charge in [0.2, 0.25) is 5.91 Å². The molecule has 88 valence electrons. The van der Waals surface area contributed by atoms with Gasteiger partial charge < -0.3 is 10.2 Å². The van der Waals surface area contributed by atoms with Gasteiger partial charge in [0.05, 0.1) is 10.7 Å². The molecule has 1 atom stereocenters. The predicted molar refractivity (Wildman–Crippen MR) is 63.2 cm³/mol. The van der Waals surface area contributed by atoms with Crippen LogP contribution in [0.25, 0.3) is 0 Å². The third kappa shape index (κ3) is 3.10. The molecule has 0 radical (unpaired) electrons. The van der Waals surface area contributed by atoms with Crippen LogP contribution in [0, 0.1) is 5.82 Å². The lowest BCUT2D eigenvalue weighted by atomic mass is 10.2.